The number of nitrogens with one attached hydrogen (secondary N) is 1. The summed E-state index contributed by atoms with van der Waals surface area (Å²) in [4.78, 5) is 25.8. The van der Waals surface area contributed by atoms with Crippen molar-refractivity contribution in [2.45, 2.75) is 76.6 Å². The van der Waals surface area contributed by atoms with Crippen LogP contribution in [-0.4, -0.2) is 23.6 Å². The highest BCUT2D eigenvalue weighted by molar-refractivity contribution is 5.89. The van der Waals surface area contributed by atoms with E-state index in [1.165, 1.54) is 6.08 Å². The Morgan fingerprint density at radius 1 is 1.08 bits per heavy atom. The van der Waals surface area contributed by atoms with Gasteiger partial charge in [-0.25, -0.2) is 9.18 Å². The van der Waals surface area contributed by atoms with Crippen molar-refractivity contribution < 1.29 is 18.7 Å². The number of carbonyl (C=O) groups is 2. The molecule has 2 aromatic rings. The summed E-state index contributed by atoms with van der Waals surface area (Å²) in [5.74, 6) is 0.555. The molecule has 2 aromatic carbocycles. The number of halogens is 1. The number of benzene rings is 2. The molecule has 0 aromatic heterocycles. The molecule has 1 N–H and O–H groups in total. The van der Waals surface area contributed by atoms with Crippen molar-refractivity contribution >= 4 is 18.0 Å². The number of esters is 1. The summed E-state index contributed by atoms with van der Waals surface area (Å²) in [5, 5.41) is 3.34. The molecule has 4 bridgehead atoms. The first-order valence-corrected chi connectivity index (χ1v) is 13.1. The van der Waals surface area contributed by atoms with E-state index in [1.807, 2.05) is 69.3 Å². The normalized spacial score (nSPS) is 28.9. The molecule has 0 radical (unpaired) electrons. The van der Waals surface area contributed by atoms with Crippen molar-refractivity contribution in [2.24, 2.45) is 17.8 Å². The largest absolute Gasteiger partial charge is 0.458 e. The van der Waals surface area contributed by atoms with Gasteiger partial charge in [-0.3, -0.25) is 4.79 Å². The van der Waals surface area contributed by atoms with Gasteiger partial charge in [-0.15, -0.1) is 0 Å². The Bertz CT molecular complexity index is 1160. The van der Waals surface area contributed by atoms with Gasteiger partial charge in [0.25, 0.3) is 0 Å². The van der Waals surface area contributed by atoms with E-state index in [9.17, 15) is 9.59 Å². The molecule has 4 fully saturated rings. The van der Waals surface area contributed by atoms with Crippen LogP contribution in [0.25, 0.3) is 6.08 Å². The molecule has 0 aliphatic heterocycles. The van der Waals surface area contributed by atoms with Gasteiger partial charge in [0.2, 0.25) is 5.91 Å². The fourth-order valence-corrected chi connectivity index (χ4v) is 6.83. The minimum absolute atomic E-state index is 0.0179. The lowest BCUT2D eigenvalue weighted by Crippen LogP contribution is -2.61. The second-order valence-electron chi connectivity index (χ2n) is 11.8. The Balaban J connectivity index is 1.25. The number of hydrogen-bond donors (Lipinski definition) is 1. The average molecular weight is 490 g/mol. The predicted octanol–water partition coefficient (Wildman–Crippen LogP) is 6.06. The molecule has 0 spiro atoms. The van der Waals surface area contributed by atoms with E-state index in [0.717, 1.165) is 35.1 Å². The third kappa shape index (κ3) is 5.11. The van der Waals surface area contributed by atoms with Crippen molar-refractivity contribution in [3.8, 4) is 0 Å². The van der Waals surface area contributed by atoms with E-state index in [0.29, 0.717) is 25.2 Å². The van der Waals surface area contributed by atoms with E-state index in [1.54, 1.807) is 6.08 Å². The van der Waals surface area contributed by atoms with Crippen LogP contribution in [0.4, 0.5) is 4.39 Å². The molecule has 0 saturated heterocycles. The molecule has 1 amide bonds. The fraction of sp³-hybridized carbons (Fsp3) is 0.484. The van der Waals surface area contributed by atoms with Gasteiger partial charge in [-0.1, -0.05) is 54.1 Å². The van der Waals surface area contributed by atoms with Crippen LogP contribution in [0.3, 0.4) is 0 Å². The maximum absolute atomic E-state index is 15.1. The van der Waals surface area contributed by atoms with Crippen LogP contribution >= 0.6 is 0 Å². The second kappa shape index (κ2) is 9.49. The van der Waals surface area contributed by atoms with Gasteiger partial charge in [0.1, 0.15) is 12.3 Å². The van der Waals surface area contributed by atoms with Crippen LogP contribution in [0.1, 0.15) is 68.2 Å². The molecule has 36 heavy (non-hydrogen) atoms. The van der Waals surface area contributed by atoms with Gasteiger partial charge in [0.15, 0.2) is 0 Å². The summed E-state index contributed by atoms with van der Waals surface area (Å²) in [6, 6.07) is 15.6. The highest BCUT2D eigenvalue weighted by Crippen LogP contribution is 2.57. The summed E-state index contributed by atoms with van der Waals surface area (Å²) in [6.45, 7) is 6.08. The zero-order valence-electron chi connectivity index (χ0n) is 21.4. The number of amides is 1. The average Bonchev–Trinajstić information content (AvgIpc) is 2.83. The minimum atomic E-state index is -1.01. The van der Waals surface area contributed by atoms with E-state index in [2.05, 4.69) is 5.32 Å². The molecular weight excluding hydrogens is 453 g/mol. The Kier molecular flexibility index (Phi) is 6.52. The van der Waals surface area contributed by atoms with Crippen LogP contribution in [-0.2, 0) is 26.3 Å². The molecule has 1 unspecified atom stereocenters. The predicted molar refractivity (Wildman–Crippen MR) is 139 cm³/mol. The molecule has 4 aliphatic carbocycles. The lowest BCUT2D eigenvalue weighted by Gasteiger charge is -2.57. The number of ether oxygens (including phenoxy) is 1. The number of aryl methyl sites for hydroxylation is 1. The molecule has 190 valence electrons. The third-order valence-electron chi connectivity index (χ3n) is 8.52. The molecule has 4 nitrogen and oxygen atoms in total. The molecule has 0 heterocycles. The molecular formula is C31H36FNO3. The SMILES string of the molecule is Cc1cc(/C=C/C(=O)OCc2ccccc2)cc(C(C)(C)C(=O)N[C@H]2[C@@H]3CC4C[C@H]2C[C@](F)(C4)C3)c1. The fourth-order valence-electron chi connectivity index (χ4n) is 6.83. The third-order valence-corrected chi connectivity index (χ3v) is 8.52. The van der Waals surface area contributed by atoms with E-state index < -0.39 is 17.1 Å². The first-order valence-electron chi connectivity index (χ1n) is 13.1. The first-order chi connectivity index (χ1) is 17.1. The summed E-state index contributed by atoms with van der Waals surface area (Å²) in [6.07, 6.45) is 7.12. The van der Waals surface area contributed by atoms with Crippen molar-refractivity contribution in [1.82, 2.24) is 5.32 Å². The number of carbonyl (C=O) groups excluding carboxylic acids is 2. The number of hydrogen-bond acceptors (Lipinski definition) is 3. The number of alkyl halides is 1. The number of rotatable bonds is 7. The zero-order chi connectivity index (χ0) is 25.5. The van der Waals surface area contributed by atoms with Crippen molar-refractivity contribution in [3.05, 3.63) is 76.9 Å². The molecule has 6 rings (SSSR count). The van der Waals surface area contributed by atoms with E-state index >= 15 is 4.39 Å². The summed E-state index contributed by atoms with van der Waals surface area (Å²) < 4.78 is 20.4. The van der Waals surface area contributed by atoms with Crippen LogP contribution in [0.15, 0.2) is 54.6 Å². The Hall–Kier alpha value is -2.95. The molecule has 4 aliphatic rings. The second-order valence-corrected chi connectivity index (χ2v) is 11.8. The molecule has 4 saturated carbocycles. The van der Waals surface area contributed by atoms with Crippen LogP contribution in [0.2, 0.25) is 0 Å². The summed E-state index contributed by atoms with van der Waals surface area (Å²) in [7, 11) is 0. The van der Waals surface area contributed by atoms with Gasteiger partial charge in [-0.2, -0.15) is 0 Å². The zero-order valence-corrected chi connectivity index (χ0v) is 21.4. The Morgan fingerprint density at radius 3 is 2.44 bits per heavy atom. The standard InChI is InChI=1S/C31H36FNO3/c1-20-11-22(9-10-27(34)36-19-21-7-5-4-6-8-21)15-26(12-20)30(2,3)29(35)33-28-24-13-23-14-25(28)18-31(32,16-23)17-24/h4-12,15,23-25,28H,13-14,16-19H2,1-3H3,(H,33,35)/b10-9+/t23?,24-,25+,28+,31+. The maximum Gasteiger partial charge on any atom is 0.331 e. The van der Waals surface area contributed by atoms with Crippen molar-refractivity contribution in [3.63, 3.8) is 0 Å². The monoisotopic (exact) mass is 489 g/mol. The lowest BCUT2D eigenvalue weighted by atomic mass is 9.53. The molecule has 5 atom stereocenters. The van der Waals surface area contributed by atoms with Crippen LogP contribution in [0, 0.1) is 24.7 Å². The summed E-state index contributed by atoms with van der Waals surface area (Å²) in [5.41, 5.74) is 1.92. The quantitative estimate of drug-likeness (QED) is 0.380. The first kappa shape index (κ1) is 24.7. The van der Waals surface area contributed by atoms with E-state index in [-0.39, 0.29) is 30.4 Å². The van der Waals surface area contributed by atoms with Crippen LogP contribution in [0.5, 0.6) is 0 Å². The maximum atomic E-state index is 15.1. The Labute approximate surface area is 213 Å². The van der Waals surface area contributed by atoms with Gasteiger partial charge in [-0.05, 0) is 93.4 Å². The van der Waals surface area contributed by atoms with E-state index in [4.69, 9.17) is 4.74 Å². The van der Waals surface area contributed by atoms with Crippen molar-refractivity contribution in [1.29, 1.82) is 0 Å². The topological polar surface area (TPSA) is 55.4 Å². The summed E-state index contributed by atoms with van der Waals surface area (Å²) >= 11 is 0. The van der Waals surface area contributed by atoms with Crippen molar-refractivity contribution in [2.75, 3.05) is 0 Å². The molecule has 5 heteroatoms. The van der Waals surface area contributed by atoms with Gasteiger partial charge >= 0.3 is 5.97 Å². The Morgan fingerprint density at radius 2 is 1.78 bits per heavy atom. The highest BCUT2D eigenvalue weighted by Gasteiger charge is 2.56. The van der Waals surface area contributed by atoms with Crippen LogP contribution < -0.4 is 5.32 Å². The highest BCUT2D eigenvalue weighted by atomic mass is 19.1. The van der Waals surface area contributed by atoms with Gasteiger partial charge in [0.05, 0.1) is 5.41 Å². The van der Waals surface area contributed by atoms with Gasteiger partial charge < -0.3 is 10.1 Å². The minimum Gasteiger partial charge on any atom is -0.458 e. The van der Waals surface area contributed by atoms with Gasteiger partial charge in [0, 0.05) is 12.1 Å². The smallest absolute Gasteiger partial charge is 0.331 e. The lowest BCUT2D eigenvalue weighted by molar-refractivity contribution is -0.139.